The van der Waals surface area contributed by atoms with Gasteiger partial charge in [0.25, 0.3) is 0 Å². The van der Waals surface area contributed by atoms with E-state index >= 15 is 0 Å². The highest BCUT2D eigenvalue weighted by atomic mass is 28.3. The van der Waals surface area contributed by atoms with Gasteiger partial charge in [-0.2, -0.15) is 0 Å². The maximum Gasteiger partial charge on any atom is 0.576 e. The SMILES string of the molecule is C[Si](C)(C)c1cccc(OBOc2cccc([Si](C)(C)C)c2)c1. The molecule has 2 nitrogen and oxygen atoms in total. The predicted molar refractivity (Wildman–Crippen MR) is 107 cm³/mol. The minimum absolute atomic E-state index is 0.240. The maximum absolute atomic E-state index is 5.78. The standard InChI is InChI=1S/C18H27BO2Si2/c1-22(2,3)17-11-7-9-15(13-17)20-19-21-16-10-8-12-18(14-16)23(4,5)6/h7-14,19H,1-6H3. The molecule has 0 spiro atoms. The molecule has 2 rings (SSSR count). The highest BCUT2D eigenvalue weighted by molar-refractivity contribution is 6.89. The molecule has 122 valence electrons. The van der Waals surface area contributed by atoms with Crippen molar-refractivity contribution in [2.75, 3.05) is 0 Å². The minimum Gasteiger partial charge on any atom is -0.529 e. The summed E-state index contributed by atoms with van der Waals surface area (Å²) >= 11 is 0. The number of rotatable bonds is 6. The van der Waals surface area contributed by atoms with Gasteiger partial charge < -0.3 is 9.31 Å². The first-order valence-electron chi connectivity index (χ1n) is 8.13. The fourth-order valence-corrected chi connectivity index (χ4v) is 4.61. The van der Waals surface area contributed by atoms with E-state index in [1.165, 1.54) is 10.4 Å². The van der Waals surface area contributed by atoms with Crippen molar-refractivity contribution in [1.82, 2.24) is 0 Å². The van der Waals surface area contributed by atoms with Gasteiger partial charge in [-0.3, -0.25) is 0 Å². The van der Waals surface area contributed by atoms with Gasteiger partial charge in [-0.1, -0.05) is 73.9 Å². The van der Waals surface area contributed by atoms with Gasteiger partial charge in [0.1, 0.15) is 11.5 Å². The predicted octanol–water partition coefficient (Wildman–Crippen LogP) is 3.50. The summed E-state index contributed by atoms with van der Waals surface area (Å²) in [6.07, 6.45) is 0. The second kappa shape index (κ2) is 6.97. The Kier molecular flexibility index (Phi) is 5.42. The van der Waals surface area contributed by atoms with E-state index in [2.05, 4.69) is 75.7 Å². The third-order valence-corrected chi connectivity index (χ3v) is 7.94. The Morgan fingerprint density at radius 3 is 1.39 bits per heavy atom. The van der Waals surface area contributed by atoms with Gasteiger partial charge in [-0.05, 0) is 24.3 Å². The summed E-state index contributed by atoms with van der Waals surface area (Å²) in [5.41, 5.74) is 0. The van der Waals surface area contributed by atoms with E-state index in [1.54, 1.807) is 0 Å². The molecule has 0 radical (unpaired) electrons. The number of hydrogen-bond donors (Lipinski definition) is 0. The lowest BCUT2D eigenvalue weighted by Crippen LogP contribution is -2.37. The zero-order valence-electron chi connectivity index (χ0n) is 15.1. The summed E-state index contributed by atoms with van der Waals surface area (Å²) in [7, 11) is -2.38. The van der Waals surface area contributed by atoms with Gasteiger partial charge in [0, 0.05) is 0 Å². The molecule has 2 aromatic carbocycles. The van der Waals surface area contributed by atoms with Crippen molar-refractivity contribution >= 4 is 34.2 Å². The van der Waals surface area contributed by atoms with Gasteiger partial charge in [-0.15, -0.1) is 0 Å². The zero-order chi connectivity index (χ0) is 17.1. The van der Waals surface area contributed by atoms with E-state index < -0.39 is 16.1 Å². The van der Waals surface area contributed by atoms with E-state index in [9.17, 15) is 0 Å². The van der Waals surface area contributed by atoms with Crippen LogP contribution >= 0.6 is 0 Å². The zero-order valence-corrected chi connectivity index (χ0v) is 17.1. The van der Waals surface area contributed by atoms with Gasteiger partial charge in [0.2, 0.25) is 0 Å². The molecule has 0 saturated carbocycles. The van der Waals surface area contributed by atoms with Crippen molar-refractivity contribution in [3.63, 3.8) is 0 Å². The molecule has 0 atom stereocenters. The van der Waals surface area contributed by atoms with Crippen LogP contribution in [0.5, 0.6) is 11.5 Å². The second-order valence-electron chi connectivity index (χ2n) is 7.96. The lowest BCUT2D eigenvalue weighted by molar-refractivity contribution is 0.459. The Morgan fingerprint density at radius 1 is 0.652 bits per heavy atom. The molecule has 0 fully saturated rings. The summed E-state index contributed by atoms with van der Waals surface area (Å²) in [5.74, 6) is 1.76. The molecule has 5 heteroatoms. The van der Waals surface area contributed by atoms with Crippen LogP contribution < -0.4 is 19.7 Å². The largest absolute Gasteiger partial charge is 0.576 e. The Labute approximate surface area is 143 Å². The monoisotopic (exact) mass is 342 g/mol. The van der Waals surface area contributed by atoms with Crippen LogP contribution in [0.15, 0.2) is 48.5 Å². The van der Waals surface area contributed by atoms with Crippen molar-refractivity contribution in [3.05, 3.63) is 48.5 Å². The summed E-state index contributed by atoms with van der Waals surface area (Å²) < 4.78 is 11.6. The Bertz CT molecular complexity index is 603. The molecule has 0 amide bonds. The maximum atomic E-state index is 5.78. The van der Waals surface area contributed by atoms with Crippen LogP contribution in [-0.4, -0.2) is 23.8 Å². The molecule has 0 unspecified atom stereocenters. The molecule has 0 saturated heterocycles. The molecule has 0 heterocycles. The fraction of sp³-hybridized carbons (Fsp3) is 0.333. The van der Waals surface area contributed by atoms with Crippen molar-refractivity contribution in [2.24, 2.45) is 0 Å². The number of benzene rings is 2. The average Bonchev–Trinajstić information content (AvgIpc) is 2.46. The minimum atomic E-state index is -1.31. The van der Waals surface area contributed by atoms with Crippen LogP contribution in [0.25, 0.3) is 0 Å². The van der Waals surface area contributed by atoms with Crippen molar-refractivity contribution < 1.29 is 9.31 Å². The average molecular weight is 342 g/mol. The topological polar surface area (TPSA) is 18.5 Å². The van der Waals surface area contributed by atoms with E-state index in [0.717, 1.165) is 11.5 Å². The lowest BCUT2D eigenvalue weighted by Gasteiger charge is -2.18. The first-order chi connectivity index (χ1) is 10.7. The molecule has 0 aliphatic heterocycles. The van der Waals surface area contributed by atoms with Gasteiger partial charge >= 0.3 is 7.69 Å². The molecule has 2 aromatic rings. The van der Waals surface area contributed by atoms with Gasteiger partial charge in [0.05, 0.1) is 16.1 Å². The number of hydrogen-bond acceptors (Lipinski definition) is 2. The normalized spacial score (nSPS) is 11.9. The lowest BCUT2D eigenvalue weighted by atomic mass is 10.3. The third kappa shape index (κ3) is 5.29. The second-order valence-corrected chi connectivity index (χ2v) is 18.1. The highest BCUT2D eigenvalue weighted by Gasteiger charge is 2.17. The van der Waals surface area contributed by atoms with E-state index in [4.69, 9.17) is 9.31 Å². The molecule has 23 heavy (non-hydrogen) atoms. The summed E-state index contributed by atoms with van der Waals surface area (Å²) in [4.78, 5) is 0. The molecule has 0 N–H and O–H groups in total. The van der Waals surface area contributed by atoms with E-state index in [-0.39, 0.29) is 7.69 Å². The molecular formula is C18H27BO2Si2. The molecule has 0 bridgehead atoms. The first-order valence-corrected chi connectivity index (χ1v) is 15.1. The summed E-state index contributed by atoms with van der Waals surface area (Å²) in [5, 5.41) is 2.80. The third-order valence-electron chi connectivity index (χ3n) is 3.85. The highest BCUT2D eigenvalue weighted by Crippen LogP contribution is 2.14. The van der Waals surface area contributed by atoms with Crippen LogP contribution in [-0.2, 0) is 0 Å². The van der Waals surface area contributed by atoms with E-state index in [1.807, 2.05) is 12.1 Å². The van der Waals surface area contributed by atoms with Gasteiger partial charge in [-0.25, -0.2) is 0 Å². The molecule has 0 aromatic heterocycles. The van der Waals surface area contributed by atoms with E-state index in [0.29, 0.717) is 0 Å². The van der Waals surface area contributed by atoms with Crippen molar-refractivity contribution in [1.29, 1.82) is 0 Å². The fourth-order valence-electron chi connectivity index (χ4n) is 2.27. The smallest absolute Gasteiger partial charge is 0.529 e. The Hall–Kier alpha value is -1.46. The molecular weight excluding hydrogens is 315 g/mol. The summed E-state index contributed by atoms with van der Waals surface area (Å²) in [6, 6.07) is 16.8. The van der Waals surface area contributed by atoms with Crippen LogP contribution in [0.4, 0.5) is 0 Å². The van der Waals surface area contributed by atoms with Crippen LogP contribution in [0.1, 0.15) is 0 Å². The summed E-state index contributed by atoms with van der Waals surface area (Å²) in [6.45, 7) is 14.0. The van der Waals surface area contributed by atoms with Gasteiger partial charge in [0.15, 0.2) is 0 Å². The first kappa shape index (κ1) is 17.9. The van der Waals surface area contributed by atoms with Crippen molar-refractivity contribution in [2.45, 2.75) is 39.3 Å². The van der Waals surface area contributed by atoms with Crippen LogP contribution in [0.2, 0.25) is 39.3 Å². The molecule has 0 aliphatic rings. The van der Waals surface area contributed by atoms with Crippen molar-refractivity contribution in [3.8, 4) is 11.5 Å². The quantitative estimate of drug-likeness (QED) is 0.748. The Balaban J connectivity index is 1.98. The van der Waals surface area contributed by atoms with Crippen LogP contribution in [0.3, 0.4) is 0 Å². The molecule has 0 aliphatic carbocycles. The van der Waals surface area contributed by atoms with Crippen LogP contribution in [0, 0.1) is 0 Å². The Morgan fingerprint density at radius 2 is 1.04 bits per heavy atom.